The highest BCUT2D eigenvalue weighted by atomic mass is 16.5. The molecule has 0 amide bonds. The molecule has 0 saturated carbocycles. The van der Waals surface area contributed by atoms with Gasteiger partial charge in [-0.05, 0) is 19.9 Å². The zero-order valence-electron chi connectivity index (χ0n) is 22.2. The molecule has 0 aromatic carbocycles. The van der Waals surface area contributed by atoms with Gasteiger partial charge in [0.15, 0.2) is 12.4 Å². The molecule has 0 saturated heterocycles. The van der Waals surface area contributed by atoms with Gasteiger partial charge in [0.2, 0.25) is 0 Å². The molecule has 1 aromatic rings. The Bertz CT molecular complexity index is 935. The van der Waals surface area contributed by atoms with Crippen molar-refractivity contribution in [3.63, 3.8) is 0 Å². The van der Waals surface area contributed by atoms with E-state index in [1.54, 1.807) is 13.8 Å². The first-order valence-corrected chi connectivity index (χ1v) is 11.1. The molecule has 0 unspecified atom stereocenters. The Morgan fingerprint density at radius 1 is 0.794 bits per heavy atom. The van der Waals surface area contributed by atoms with Gasteiger partial charge in [0.05, 0.1) is 46.9 Å². The maximum atomic E-state index is 13.0. The number of aromatic nitrogens is 1. The minimum absolute atomic E-state index is 0.189. The highest BCUT2D eigenvalue weighted by Gasteiger charge is 2.27. The quantitative estimate of drug-likeness (QED) is 0.292. The maximum absolute atomic E-state index is 13.0. The number of carbonyl (C=O) groups is 2. The minimum atomic E-state index is -0.561. The summed E-state index contributed by atoms with van der Waals surface area (Å²) in [7, 11) is 15.1. The summed E-state index contributed by atoms with van der Waals surface area (Å²) in [6.45, 7) is 3.86. The van der Waals surface area contributed by atoms with Crippen LogP contribution >= 0.6 is 0 Å². The van der Waals surface area contributed by atoms with E-state index < -0.39 is 11.9 Å². The van der Waals surface area contributed by atoms with Gasteiger partial charge in [0.1, 0.15) is 28.2 Å². The van der Waals surface area contributed by atoms with Crippen LogP contribution in [0.3, 0.4) is 0 Å². The van der Waals surface area contributed by atoms with Crippen molar-refractivity contribution in [2.75, 3.05) is 69.6 Å². The molecule has 0 bridgehead atoms. The second kappa shape index (κ2) is 13.3. The SMILES string of the molecule is CCOC(=O)c1cc(C(=O)OCC)c(/C(C=[N+](C)C)=C\N(C)C)nc1/C(C=[N+](C)C)=C/N(C)C. The topological polar surface area (TPSA) is 78.0 Å². The average Bonchev–Trinajstić information content (AvgIpc) is 2.70. The van der Waals surface area contributed by atoms with Crippen molar-refractivity contribution in [3.05, 3.63) is 41.0 Å². The van der Waals surface area contributed by atoms with Crippen molar-refractivity contribution in [2.24, 2.45) is 0 Å². The molecule has 1 rings (SSSR count). The number of ether oxygens (including phenoxy) is 2. The summed E-state index contributed by atoms with van der Waals surface area (Å²) in [5.74, 6) is -1.12. The Kier molecular flexibility index (Phi) is 11.1. The number of pyridine rings is 1. The molecule has 0 fully saturated rings. The van der Waals surface area contributed by atoms with Gasteiger partial charge in [-0.3, -0.25) is 0 Å². The number of hydrogen-bond acceptors (Lipinski definition) is 7. The van der Waals surface area contributed by atoms with Crippen molar-refractivity contribution < 1.29 is 28.2 Å². The highest BCUT2D eigenvalue weighted by molar-refractivity contribution is 6.14. The van der Waals surface area contributed by atoms with Crippen LogP contribution in [0.5, 0.6) is 0 Å². The van der Waals surface area contributed by atoms with Crippen molar-refractivity contribution in [1.82, 2.24) is 14.8 Å². The molecule has 0 atom stereocenters. The van der Waals surface area contributed by atoms with Crippen LogP contribution in [0.2, 0.25) is 0 Å². The lowest BCUT2D eigenvalue weighted by molar-refractivity contribution is -0.458. The molecule has 0 N–H and O–H groups in total. The van der Waals surface area contributed by atoms with Gasteiger partial charge in [-0.2, -0.15) is 0 Å². The summed E-state index contributed by atoms with van der Waals surface area (Å²) in [6.07, 6.45) is 7.46. The number of hydrogen-bond donors (Lipinski definition) is 0. The largest absolute Gasteiger partial charge is 0.462 e. The predicted molar refractivity (Wildman–Crippen MR) is 136 cm³/mol. The van der Waals surface area contributed by atoms with Gasteiger partial charge in [-0.15, -0.1) is 0 Å². The second-order valence-electron chi connectivity index (χ2n) is 8.50. The monoisotopic (exact) mass is 473 g/mol. The molecule has 0 radical (unpaired) electrons. The molecular weight excluding hydrogens is 434 g/mol. The van der Waals surface area contributed by atoms with E-state index in [9.17, 15) is 9.59 Å². The molecular formula is C25H39N5O4+2. The second-order valence-corrected chi connectivity index (χ2v) is 8.50. The van der Waals surface area contributed by atoms with Gasteiger partial charge in [0, 0.05) is 40.6 Å². The fourth-order valence-corrected chi connectivity index (χ4v) is 3.11. The van der Waals surface area contributed by atoms with E-state index in [4.69, 9.17) is 14.5 Å². The molecule has 9 nitrogen and oxygen atoms in total. The van der Waals surface area contributed by atoms with Crippen LogP contribution in [-0.2, 0) is 9.47 Å². The lowest BCUT2D eigenvalue weighted by atomic mass is 9.99. The first-order valence-electron chi connectivity index (χ1n) is 11.1. The van der Waals surface area contributed by atoms with Crippen molar-refractivity contribution in [2.45, 2.75) is 13.8 Å². The van der Waals surface area contributed by atoms with E-state index in [1.165, 1.54) is 6.07 Å². The van der Waals surface area contributed by atoms with Gasteiger partial charge in [-0.25, -0.2) is 23.7 Å². The number of allylic oxidation sites excluding steroid dienone is 2. The minimum Gasteiger partial charge on any atom is -0.462 e. The number of carbonyl (C=O) groups excluding carboxylic acids is 2. The Labute approximate surface area is 203 Å². The number of esters is 2. The maximum Gasteiger partial charge on any atom is 0.340 e. The zero-order chi connectivity index (χ0) is 26.0. The third kappa shape index (κ3) is 8.46. The average molecular weight is 474 g/mol. The van der Waals surface area contributed by atoms with E-state index in [0.717, 1.165) is 0 Å². The molecule has 9 heteroatoms. The number of rotatable bonds is 10. The highest BCUT2D eigenvalue weighted by Crippen LogP contribution is 2.26. The summed E-state index contributed by atoms with van der Waals surface area (Å²) >= 11 is 0. The third-order valence-electron chi connectivity index (χ3n) is 4.15. The van der Waals surface area contributed by atoms with Gasteiger partial charge >= 0.3 is 11.9 Å². The first kappa shape index (κ1) is 28.5. The Morgan fingerprint density at radius 2 is 1.15 bits per heavy atom. The molecule has 0 spiro atoms. The van der Waals surface area contributed by atoms with E-state index in [1.807, 2.05) is 100 Å². The van der Waals surface area contributed by atoms with Crippen molar-refractivity contribution in [1.29, 1.82) is 0 Å². The Balaban J connectivity index is 4.21. The lowest BCUT2D eigenvalue weighted by Gasteiger charge is -2.16. The summed E-state index contributed by atoms with van der Waals surface area (Å²) in [5.41, 5.74) is 2.55. The normalized spacial score (nSPS) is 11.5. The lowest BCUT2D eigenvalue weighted by Crippen LogP contribution is -2.19. The molecule has 0 aliphatic carbocycles. The Hall–Kier alpha value is -3.49. The standard InChI is InChI=1S/C25H39N5O4/c1-11-33-24(31)20-13-21(25(32)34-12-2)23(19(16-29(7)8)17-30(9)10)26-22(20)18(14-27(3)4)15-28(5)6/h13-17H,11-12H2,1-10H3/q+2. The zero-order valence-corrected chi connectivity index (χ0v) is 22.2. The number of nitrogens with zero attached hydrogens (tertiary/aromatic N) is 5. The molecule has 34 heavy (non-hydrogen) atoms. The van der Waals surface area contributed by atoms with Gasteiger partial charge < -0.3 is 19.3 Å². The van der Waals surface area contributed by atoms with Crippen molar-refractivity contribution in [3.8, 4) is 0 Å². The van der Waals surface area contributed by atoms with Crippen LogP contribution in [0, 0.1) is 0 Å². The molecule has 0 aliphatic heterocycles. The molecule has 186 valence electrons. The summed E-state index contributed by atoms with van der Waals surface area (Å²) in [6, 6.07) is 1.52. The Morgan fingerprint density at radius 3 is 1.41 bits per heavy atom. The van der Waals surface area contributed by atoms with Crippen LogP contribution in [0.15, 0.2) is 18.5 Å². The van der Waals surface area contributed by atoms with Gasteiger partial charge in [0.25, 0.3) is 0 Å². The van der Waals surface area contributed by atoms with Crippen LogP contribution < -0.4 is 0 Å². The van der Waals surface area contributed by atoms with Gasteiger partial charge in [-0.1, -0.05) is 0 Å². The van der Waals surface area contributed by atoms with Crippen LogP contribution in [0.4, 0.5) is 0 Å². The van der Waals surface area contributed by atoms with E-state index in [2.05, 4.69) is 0 Å². The third-order valence-corrected chi connectivity index (χ3v) is 4.15. The van der Waals surface area contributed by atoms with Crippen LogP contribution in [-0.4, -0.2) is 118 Å². The molecule has 1 heterocycles. The van der Waals surface area contributed by atoms with Crippen molar-refractivity contribution >= 4 is 35.5 Å². The summed E-state index contributed by atoms with van der Waals surface area (Å²) in [4.78, 5) is 34.6. The van der Waals surface area contributed by atoms with E-state index >= 15 is 0 Å². The summed E-state index contributed by atoms with van der Waals surface area (Å²) in [5, 5.41) is 0. The van der Waals surface area contributed by atoms with Crippen LogP contribution in [0.1, 0.15) is 46.0 Å². The predicted octanol–water partition coefficient (Wildman–Crippen LogP) is 1.93. The fourth-order valence-electron chi connectivity index (χ4n) is 3.11. The fraction of sp³-hybridized carbons (Fsp3) is 0.480. The van der Waals surface area contributed by atoms with Crippen LogP contribution in [0.25, 0.3) is 11.1 Å². The first-order chi connectivity index (χ1) is 15.9. The molecule has 0 aliphatic rings. The molecule has 1 aromatic heterocycles. The van der Waals surface area contributed by atoms with E-state index in [-0.39, 0.29) is 24.3 Å². The summed E-state index contributed by atoms with van der Waals surface area (Å²) < 4.78 is 14.4. The smallest absolute Gasteiger partial charge is 0.340 e. The van der Waals surface area contributed by atoms with E-state index in [0.29, 0.717) is 22.5 Å².